The largest absolute Gasteiger partial charge is 0.379 e. The molecule has 2 aromatic heterocycles. The first-order valence-electron chi connectivity index (χ1n) is 7.11. The molecule has 3 aromatic rings. The average Bonchev–Trinajstić information content (AvgIpc) is 2.88. The van der Waals surface area contributed by atoms with Crippen molar-refractivity contribution in [2.45, 2.75) is 20.4 Å². The van der Waals surface area contributed by atoms with Gasteiger partial charge in [-0.25, -0.2) is 4.98 Å². The van der Waals surface area contributed by atoms with E-state index in [1.54, 1.807) is 12.1 Å². The molecule has 5 heteroatoms. The Labute approximate surface area is 128 Å². The van der Waals surface area contributed by atoms with Crippen LogP contribution in [0.2, 0.25) is 0 Å². The topological polar surface area (TPSA) is 72.4 Å². The maximum absolute atomic E-state index is 11.2. The Balaban J connectivity index is 1.82. The molecule has 1 aromatic carbocycles. The van der Waals surface area contributed by atoms with Crippen LogP contribution >= 0.6 is 0 Å². The summed E-state index contributed by atoms with van der Waals surface area (Å²) in [4.78, 5) is 15.6. The number of rotatable bonds is 4. The second-order valence-electron chi connectivity index (χ2n) is 5.43. The zero-order valence-electron chi connectivity index (χ0n) is 12.6. The minimum atomic E-state index is -0.410. The van der Waals surface area contributed by atoms with Crippen molar-refractivity contribution in [2.75, 3.05) is 5.32 Å². The lowest BCUT2D eigenvalue weighted by molar-refractivity contribution is 0.1000. The van der Waals surface area contributed by atoms with Gasteiger partial charge in [0.25, 0.3) is 0 Å². The van der Waals surface area contributed by atoms with E-state index in [0.717, 1.165) is 22.6 Å². The van der Waals surface area contributed by atoms with Gasteiger partial charge in [-0.05, 0) is 49.2 Å². The van der Waals surface area contributed by atoms with Crippen LogP contribution in [0.5, 0.6) is 0 Å². The maximum atomic E-state index is 11.2. The van der Waals surface area contributed by atoms with Crippen molar-refractivity contribution in [1.82, 2.24) is 9.38 Å². The number of pyridine rings is 1. The SMILES string of the molecule is Cc1ccc2ncc(CNc3ccc(C(N)=O)cc3C)n2c1. The zero-order valence-corrected chi connectivity index (χ0v) is 12.6. The number of nitrogens with zero attached hydrogens (tertiary/aromatic N) is 2. The van der Waals surface area contributed by atoms with Gasteiger partial charge in [0.2, 0.25) is 5.91 Å². The van der Waals surface area contributed by atoms with E-state index < -0.39 is 5.91 Å². The van der Waals surface area contributed by atoms with E-state index in [-0.39, 0.29) is 0 Å². The van der Waals surface area contributed by atoms with Crippen LogP contribution in [0.4, 0.5) is 5.69 Å². The first-order valence-corrected chi connectivity index (χ1v) is 7.11. The second-order valence-corrected chi connectivity index (χ2v) is 5.43. The number of nitrogens with one attached hydrogen (secondary N) is 1. The number of carbonyl (C=O) groups excluding carboxylic acids is 1. The van der Waals surface area contributed by atoms with Gasteiger partial charge in [-0.1, -0.05) is 6.07 Å². The summed E-state index contributed by atoms with van der Waals surface area (Å²) in [7, 11) is 0. The molecule has 0 saturated heterocycles. The number of amides is 1. The van der Waals surface area contributed by atoms with Gasteiger partial charge in [-0.15, -0.1) is 0 Å². The number of aromatic nitrogens is 2. The molecule has 0 spiro atoms. The van der Waals surface area contributed by atoms with Gasteiger partial charge < -0.3 is 15.5 Å². The number of hydrogen-bond acceptors (Lipinski definition) is 3. The van der Waals surface area contributed by atoms with Crippen molar-refractivity contribution in [3.63, 3.8) is 0 Å². The number of anilines is 1. The molecule has 3 N–H and O–H groups in total. The van der Waals surface area contributed by atoms with Gasteiger partial charge in [0, 0.05) is 17.4 Å². The van der Waals surface area contributed by atoms with E-state index in [0.29, 0.717) is 12.1 Å². The number of fused-ring (bicyclic) bond motifs is 1. The molecule has 0 saturated carbocycles. The van der Waals surface area contributed by atoms with Gasteiger partial charge in [0.1, 0.15) is 5.65 Å². The van der Waals surface area contributed by atoms with Crippen molar-refractivity contribution in [3.05, 3.63) is 65.1 Å². The fraction of sp³-hybridized carbons (Fsp3) is 0.176. The molecular formula is C17H18N4O. The number of benzene rings is 1. The van der Waals surface area contributed by atoms with Crippen molar-refractivity contribution >= 4 is 17.2 Å². The lowest BCUT2D eigenvalue weighted by Crippen LogP contribution is -2.11. The maximum Gasteiger partial charge on any atom is 0.248 e. The van der Waals surface area contributed by atoms with E-state index >= 15 is 0 Å². The Morgan fingerprint density at radius 3 is 2.82 bits per heavy atom. The van der Waals surface area contributed by atoms with Gasteiger partial charge >= 0.3 is 0 Å². The fourth-order valence-electron chi connectivity index (χ4n) is 2.47. The Hall–Kier alpha value is -2.82. The third-order valence-corrected chi connectivity index (χ3v) is 3.70. The van der Waals surface area contributed by atoms with Crippen molar-refractivity contribution in [3.8, 4) is 0 Å². The lowest BCUT2D eigenvalue weighted by atomic mass is 10.1. The Kier molecular flexibility index (Phi) is 3.55. The minimum absolute atomic E-state index is 0.410. The molecule has 0 radical (unpaired) electrons. The van der Waals surface area contributed by atoms with Crippen molar-refractivity contribution in [2.24, 2.45) is 5.73 Å². The number of imidazole rings is 1. The molecule has 0 fully saturated rings. The van der Waals surface area contributed by atoms with Crippen LogP contribution < -0.4 is 11.1 Å². The van der Waals surface area contributed by atoms with E-state index in [9.17, 15) is 4.79 Å². The summed E-state index contributed by atoms with van der Waals surface area (Å²) >= 11 is 0. The molecule has 5 nitrogen and oxygen atoms in total. The highest BCUT2D eigenvalue weighted by Gasteiger charge is 2.06. The van der Waals surface area contributed by atoms with Gasteiger partial charge in [-0.3, -0.25) is 4.79 Å². The van der Waals surface area contributed by atoms with Crippen molar-refractivity contribution < 1.29 is 4.79 Å². The van der Waals surface area contributed by atoms with E-state index in [1.807, 2.05) is 31.3 Å². The molecule has 0 aliphatic carbocycles. The minimum Gasteiger partial charge on any atom is -0.379 e. The quantitative estimate of drug-likeness (QED) is 0.777. The van der Waals surface area contributed by atoms with Crippen molar-refractivity contribution in [1.29, 1.82) is 0 Å². The molecule has 0 aliphatic heterocycles. The van der Waals surface area contributed by atoms with Gasteiger partial charge in [0.05, 0.1) is 18.4 Å². The van der Waals surface area contributed by atoms with Gasteiger partial charge in [-0.2, -0.15) is 0 Å². The number of primary amides is 1. The van der Waals surface area contributed by atoms with E-state index in [1.165, 1.54) is 5.56 Å². The molecule has 112 valence electrons. The predicted octanol–water partition coefficient (Wildman–Crippen LogP) is 2.66. The smallest absolute Gasteiger partial charge is 0.248 e. The molecule has 0 bridgehead atoms. The van der Waals surface area contributed by atoms with Crippen LogP contribution in [0.25, 0.3) is 5.65 Å². The lowest BCUT2D eigenvalue weighted by Gasteiger charge is -2.10. The molecule has 22 heavy (non-hydrogen) atoms. The Bertz CT molecular complexity index is 851. The molecule has 1 amide bonds. The molecular weight excluding hydrogens is 276 g/mol. The highest BCUT2D eigenvalue weighted by molar-refractivity contribution is 5.93. The predicted molar refractivity (Wildman–Crippen MR) is 87.0 cm³/mol. The Morgan fingerprint density at radius 1 is 1.27 bits per heavy atom. The highest BCUT2D eigenvalue weighted by Crippen LogP contribution is 2.18. The highest BCUT2D eigenvalue weighted by atomic mass is 16.1. The summed E-state index contributed by atoms with van der Waals surface area (Å²) in [5.74, 6) is -0.410. The molecule has 0 atom stereocenters. The standard InChI is InChI=1S/C17H18N4O/c1-11-3-6-16-20-9-14(21(16)10-11)8-19-15-5-4-13(17(18)22)7-12(15)2/h3-7,9-10,19H,8H2,1-2H3,(H2,18,22). The third-order valence-electron chi connectivity index (χ3n) is 3.70. The second kappa shape index (κ2) is 5.52. The summed E-state index contributed by atoms with van der Waals surface area (Å²) in [6.07, 6.45) is 3.94. The van der Waals surface area contributed by atoms with Crippen LogP contribution in [-0.4, -0.2) is 15.3 Å². The van der Waals surface area contributed by atoms with Crippen LogP contribution in [0.15, 0.2) is 42.7 Å². The van der Waals surface area contributed by atoms with E-state index in [4.69, 9.17) is 5.73 Å². The average molecular weight is 294 g/mol. The summed E-state index contributed by atoms with van der Waals surface area (Å²) in [6.45, 7) is 4.66. The first-order chi connectivity index (χ1) is 10.5. The third kappa shape index (κ3) is 2.65. The first kappa shape index (κ1) is 14.1. The number of aryl methyl sites for hydroxylation is 2. The normalized spacial score (nSPS) is 10.8. The Morgan fingerprint density at radius 2 is 2.09 bits per heavy atom. The van der Waals surface area contributed by atoms with Crippen LogP contribution in [0.1, 0.15) is 27.2 Å². The monoisotopic (exact) mass is 294 g/mol. The van der Waals surface area contributed by atoms with Crippen LogP contribution in [0.3, 0.4) is 0 Å². The summed E-state index contributed by atoms with van der Waals surface area (Å²) in [5.41, 5.74) is 11.0. The summed E-state index contributed by atoms with van der Waals surface area (Å²) < 4.78 is 2.08. The summed E-state index contributed by atoms with van der Waals surface area (Å²) in [5, 5.41) is 3.38. The molecule has 0 unspecified atom stereocenters. The fourth-order valence-corrected chi connectivity index (χ4v) is 2.47. The molecule has 0 aliphatic rings. The number of nitrogens with two attached hydrogens (primary N) is 1. The van der Waals surface area contributed by atoms with Gasteiger partial charge in [0.15, 0.2) is 0 Å². The summed E-state index contributed by atoms with van der Waals surface area (Å²) in [6, 6.07) is 9.46. The molecule has 3 rings (SSSR count). The number of carbonyl (C=O) groups is 1. The van der Waals surface area contributed by atoms with Crippen LogP contribution in [-0.2, 0) is 6.54 Å². The zero-order chi connectivity index (χ0) is 15.7. The number of hydrogen-bond donors (Lipinski definition) is 2. The molecule has 2 heterocycles. The van der Waals surface area contributed by atoms with E-state index in [2.05, 4.69) is 27.8 Å². The van der Waals surface area contributed by atoms with Crippen LogP contribution in [0, 0.1) is 13.8 Å².